The van der Waals surface area contributed by atoms with Crippen molar-refractivity contribution in [1.29, 1.82) is 0 Å². The molecule has 0 radical (unpaired) electrons. The molecule has 1 aromatic rings. The van der Waals surface area contributed by atoms with Crippen molar-refractivity contribution in [1.82, 2.24) is 10.6 Å². The Kier molecular flexibility index (Phi) is 5.31. The van der Waals surface area contributed by atoms with E-state index in [4.69, 9.17) is 5.11 Å². The quantitative estimate of drug-likeness (QED) is 0.732. The average molecular weight is 315 g/mol. The molecule has 1 aromatic carbocycles. The summed E-state index contributed by atoms with van der Waals surface area (Å²) in [4.78, 5) is 32.9. The summed E-state index contributed by atoms with van der Waals surface area (Å²) in [5.74, 6) is -2.08. The van der Waals surface area contributed by atoms with Gasteiger partial charge in [-0.1, -0.05) is 15.9 Å². The van der Waals surface area contributed by atoms with Gasteiger partial charge in [-0.25, -0.2) is 0 Å². The summed E-state index contributed by atoms with van der Waals surface area (Å²) in [6, 6.07) is 6.63. The predicted molar refractivity (Wildman–Crippen MR) is 67.1 cm³/mol. The maximum Gasteiger partial charge on any atom is 0.322 e. The average Bonchev–Trinajstić information content (AvgIpc) is 2.34. The Hall–Kier alpha value is -1.89. The lowest BCUT2D eigenvalue weighted by Crippen LogP contribution is -2.38. The van der Waals surface area contributed by atoms with Crippen LogP contribution in [0.4, 0.5) is 0 Å². The zero-order valence-corrected chi connectivity index (χ0v) is 10.9. The molecule has 0 atom stereocenters. The van der Waals surface area contributed by atoms with Gasteiger partial charge in [-0.15, -0.1) is 0 Å². The minimum Gasteiger partial charge on any atom is -0.480 e. The molecule has 96 valence electrons. The van der Waals surface area contributed by atoms with Crippen LogP contribution < -0.4 is 10.6 Å². The second-order valence-corrected chi connectivity index (χ2v) is 4.28. The molecule has 0 aliphatic carbocycles. The molecule has 0 aromatic heterocycles. The van der Waals surface area contributed by atoms with Gasteiger partial charge in [0.15, 0.2) is 0 Å². The standard InChI is InChI=1S/C11H11BrN2O4/c12-8-3-1-7(2-4-8)11(18)14-5-9(15)13-6-10(16)17/h1-4H,5-6H2,(H,13,15)(H,14,18)(H,16,17). The van der Waals surface area contributed by atoms with Gasteiger partial charge in [-0.2, -0.15) is 0 Å². The molecule has 1 rings (SSSR count). The Labute approximate surface area is 112 Å². The number of carbonyl (C=O) groups is 3. The number of aliphatic carboxylic acids is 1. The van der Waals surface area contributed by atoms with Crippen LogP contribution in [0.2, 0.25) is 0 Å². The highest BCUT2D eigenvalue weighted by Crippen LogP contribution is 2.10. The van der Waals surface area contributed by atoms with Gasteiger partial charge in [0, 0.05) is 10.0 Å². The van der Waals surface area contributed by atoms with Gasteiger partial charge < -0.3 is 15.7 Å². The van der Waals surface area contributed by atoms with Crippen LogP contribution in [0.3, 0.4) is 0 Å². The minimum atomic E-state index is -1.14. The number of rotatable bonds is 5. The topological polar surface area (TPSA) is 95.5 Å². The van der Waals surface area contributed by atoms with E-state index in [1.54, 1.807) is 24.3 Å². The van der Waals surface area contributed by atoms with Gasteiger partial charge in [0.25, 0.3) is 5.91 Å². The molecule has 0 aliphatic rings. The number of hydrogen-bond acceptors (Lipinski definition) is 3. The van der Waals surface area contributed by atoms with E-state index in [-0.39, 0.29) is 6.54 Å². The summed E-state index contributed by atoms with van der Waals surface area (Å²) < 4.78 is 0.846. The first kappa shape index (κ1) is 14.2. The smallest absolute Gasteiger partial charge is 0.322 e. The molecule has 3 N–H and O–H groups in total. The van der Waals surface area contributed by atoms with Crippen LogP contribution in [0.1, 0.15) is 10.4 Å². The molecular weight excluding hydrogens is 304 g/mol. The van der Waals surface area contributed by atoms with Gasteiger partial charge >= 0.3 is 5.97 Å². The molecule has 2 amide bonds. The van der Waals surface area contributed by atoms with Crippen molar-refractivity contribution in [3.63, 3.8) is 0 Å². The van der Waals surface area contributed by atoms with E-state index in [0.29, 0.717) is 5.56 Å². The SMILES string of the molecule is O=C(O)CNC(=O)CNC(=O)c1ccc(Br)cc1. The molecule has 0 spiro atoms. The van der Waals surface area contributed by atoms with Crippen molar-refractivity contribution in [2.75, 3.05) is 13.1 Å². The molecule has 0 aliphatic heterocycles. The molecule has 0 saturated carbocycles. The number of carboxylic acids is 1. The molecule has 6 nitrogen and oxygen atoms in total. The van der Waals surface area contributed by atoms with Crippen LogP contribution in [-0.4, -0.2) is 36.0 Å². The molecule has 0 unspecified atom stereocenters. The Bertz CT molecular complexity index is 459. The van der Waals surface area contributed by atoms with E-state index >= 15 is 0 Å². The van der Waals surface area contributed by atoms with Crippen LogP contribution >= 0.6 is 15.9 Å². The third-order valence-electron chi connectivity index (χ3n) is 1.95. The monoisotopic (exact) mass is 314 g/mol. The Balaban J connectivity index is 2.39. The van der Waals surface area contributed by atoms with Gasteiger partial charge in [0.05, 0.1) is 6.54 Å². The fraction of sp³-hybridized carbons (Fsp3) is 0.182. The first-order chi connectivity index (χ1) is 8.49. The second kappa shape index (κ2) is 6.75. The Morgan fingerprint density at radius 1 is 1.06 bits per heavy atom. The van der Waals surface area contributed by atoms with Crippen molar-refractivity contribution in [2.24, 2.45) is 0 Å². The first-order valence-corrected chi connectivity index (χ1v) is 5.80. The van der Waals surface area contributed by atoms with E-state index in [2.05, 4.69) is 26.6 Å². The summed E-state index contributed by atoms with van der Waals surface area (Å²) in [7, 11) is 0. The fourth-order valence-electron chi connectivity index (χ4n) is 1.10. The summed E-state index contributed by atoms with van der Waals surface area (Å²) in [5.41, 5.74) is 0.421. The summed E-state index contributed by atoms with van der Waals surface area (Å²) in [6.07, 6.45) is 0. The van der Waals surface area contributed by atoms with Crippen molar-refractivity contribution < 1.29 is 19.5 Å². The van der Waals surface area contributed by atoms with Gasteiger partial charge in [-0.05, 0) is 24.3 Å². The molecule has 18 heavy (non-hydrogen) atoms. The van der Waals surface area contributed by atoms with E-state index in [9.17, 15) is 14.4 Å². The summed E-state index contributed by atoms with van der Waals surface area (Å²) in [5, 5.41) is 12.9. The highest BCUT2D eigenvalue weighted by Gasteiger charge is 2.08. The molecule has 0 saturated heterocycles. The van der Waals surface area contributed by atoms with E-state index in [0.717, 1.165) is 4.47 Å². The van der Waals surface area contributed by atoms with E-state index < -0.39 is 24.3 Å². The predicted octanol–water partition coefficient (Wildman–Crippen LogP) is 0.380. The number of amides is 2. The van der Waals surface area contributed by atoms with Crippen molar-refractivity contribution in [3.05, 3.63) is 34.3 Å². The zero-order valence-electron chi connectivity index (χ0n) is 9.27. The van der Waals surface area contributed by atoms with E-state index in [1.165, 1.54) is 0 Å². The van der Waals surface area contributed by atoms with Crippen molar-refractivity contribution >= 4 is 33.7 Å². The number of hydrogen-bond donors (Lipinski definition) is 3. The van der Waals surface area contributed by atoms with Gasteiger partial charge in [-0.3, -0.25) is 14.4 Å². The normalized spacial score (nSPS) is 9.61. The maximum atomic E-state index is 11.6. The lowest BCUT2D eigenvalue weighted by Gasteiger charge is -2.05. The van der Waals surface area contributed by atoms with Crippen LogP contribution in [0, 0.1) is 0 Å². The molecule has 7 heteroatoms. The van der Waals surface area contributed by atoms with Crippen LogP contribution in [-0.2, 0) is 9.59 Å². The number of halogens is 1. The third kappa shape index (κ3) is 4.96. The van der Waals surface area contributed by atoms with Crippen LogP contribution in [0.25, 0.3) is 0 Å². The lowest BCUT2D eigenvalue weighted by molar-refractivity contribution is -0.137. The number of carboxylic acid groups (broad SMARTS) is 1. The number of nitrogens with one attached hydrogen (secondary N) is 2. The summed E-state index contributed by atoms with van der Waals surface area (Å²) in [6.45, 7) is -0.727. The third-order valence-corrected chi connectivity index (χ3v) is 2.48. The zero-order chi connectivity index (χ0) is 13.5. The van der Waals surface area contributed by atoms with Crippen molar-refractivity contribution in [3.8, 4) is 0 Å². The maximum absolute atomic E-state index is 11.6. The van der Waals surface area contributed by atoms with Crippen LogP contribution in [0.15, 0.2) is 28.7 Å². The minimum absolute atomic E-state index is 0.262. The van der Waals surface area contributed by atoms with Gasteiger partial charge in [0.2, 0.25) is 5.91 Å². The first-order valence-electron chi connectivity index (χ1n) is 5.01. The molecule has 0 fully saturated rings. The number of benzene rings is 1. The Morgan fingerprint density at radius 2 is 1.67 bits per heavy atom. The van der Waals surface area contributed by atoms with Crippen molar-refractivity contribution in [2.45, 2.75) is 0 Å². The van der Waals surface area contributed by atoms with E-state index in [1.807, 2.05) is 0 Å². The second-order valence-electron chi connectivity index (χ2n) is 3.36. The highest BCUT2D eigenvalue weighted by molar-refractivity contribution is 9.10. The van der Waals surface area contributed by atoms with Crippen LogP contribution in [0.5, 0.6) is 0 Å². The molecular formula is C11H11BrN2O4. The molecule has 0 heterocycles. The fourth-order valence-corrected chi connectivity index (χ4v) is 1.36. The summed E-state index contributed by atoms with van der Waals surface area (Å²) >= 11 is 3.24. The largest absolute Gasteiger partial charge is 0.480 e. The Morgan fingerprint density at radius 3 is 2.22 bits per heavy atom. The van der Waals surface area contributed by atoms with Gasteiger partial charge in [0.1, 0.15) is 6.54 Å². The highest BCUT2D eigenvalue weighted by atomic mass is 79.9. The lowest BCUT2D eigenvalue weighted by atomic mass is 10.2. The molecule has 0 bridgehead atoms. The number of carbonyl (C=O) groups excluding carboxylic acids is 2.